The van der Waals surface area contributed by atoms with Crippen molar-refractivity contribution in [3.05, 3.63) is 29.8 Å². The highest BCUT2D eigenvalue weighted by atomic mass is 19.3. The zero-order valence-corrected chi connectivity index (χ0v) is 11.8. The molecule has 4 nitrogen and oxygen atoms in total. The largest absolute Gasteiger partial charge is 0.399 e. The van der Waals surface area contributed by atoms with Crippen LogP contribution in [0.1, 0.15) is 24.8 Å². The zero-order chi connectivity index (χ0) is 15.2. The summed E-state index contributed by atoms with van der Waals surface area (Å²) in [7, 11) is 0. The second-order valence-corrected chi connectivity index (χ2v) is 5.21. The van der Waals surface area contributed by atoms with Gasteiger partial charge in [0.05, 0.1) is 13.0 Å². The lowest BCUT2D eigenvalue weighted by molar-refractivity contribution is -0.134. The van der Waals surface area contributed by atoms with Crippen LogP contribution >= 0.6 is 0 Å². The lowest BCUT2D eigenvalue weighted by Crippen LogP contribution is -2.33. The normalized spacial score (nSPS) is 14.4. The molecule has 1 saturated carbocycles. The zero-order valence-electron chi connectivity index (χ0n) is 11.8. The average molecular weight is 298 g/mol. The number of hydrogen-bond acceptors (Lipinski definition) is 3. The smallest absolute Gasteiger partial charge is 0.261 e. The van der Waals surface area contributed by atoms with Gasteiger partial charge in [0, 0.05) is 18.3 Å². The molecule has 0 bridgehead atoms. The van der Waals surface area contributed by atoms with E-state index in [0.29, 0.717) is 12.2 Å². The molecule has 0 spiro atoms. The highest BCUT2D eigenvalue weighted by molar-refractivity contribution is 5.77. The minimum Gasteiger partial charge on any atom is -0.399 e. The molecule has 1 aliphatic rings. The van der Waals surface area contributed by atoms with E-state index in [1.54, 1.807) is 17.0 Å². The Hall–Kier alpha value is -1.69. The molecule has 1 aromatic carbocycles. The molecule has 21 heavy (non-hydrogen) atoms. The Bertz CT molecular complexity index is 461. The first kappa shape index (κ1) is 15.7. The summed E-state index contributed by atoms with van der Waals surface area (Å²) in [5.41, 5.74) is 7.33. The maximum Gasteiger partial charge on any atom is 0.261 e. The second-order valence-electron chi connectivity index (χ2n) is 5.21. The molecule has 116 valence electrons. The highest BCUT2D eigenvalue weighted by Gasteiger charge is 2.32. The van der Waals surface area contributed by atoms with Crippen molar-refractivity contribution >= 4 is 11.6 Å². The third-order valence-corrected chi connectivity index (χ3v) is 3.34. The topological polar surface area (TPSA) is 55.6 Å². The highest BCUT2D eigenvalue weighted by Crippen LogP contribution is 2.29. The van der Waals surface area contributed by atoms with Crippen LogP contribution in [-0.4, -0.2) is 36.5 Å². The van der Waals surface area contributed by atoms with E-state index in [-0.39, 0.29) is 25.0 Å². The minimum atomic E-state index is -2.49. The van der Waals surface area contributed by atoms with Gasteiger partial charge < -0.3 is 15.4 Å². The summed E-state index contributed by atoms with van der Waals surface area (Å²) in [6.07, 6.45) is -0.357. The van der Waals surface area contributed by atoms with E-state index in [4.69, 9.17) is 10.5 Å². The first-order chi connectivity index (χ1) is 10.1. The van der Waals surface area contributed by atoms with Crippen molar-refractivity contribution in [3.63, 3.8) is 0 Å². The lowest BCUT2D eigenvalue weighted by atomic mass is 10.2. The molecule has 0 aromatic heterocycles. The SMILES string of the molecule is Nc1ccc(CN(C(=O)CCOCC(F)F)C2CC2)cc1. The maximum atomic E-state index is 12.2. The Morgan fingerprint density at radius 2 is 2.00 bits per heavy atom. The number of hydrogen-bond donors (Lipinski definition) is 1. The third kappa shape index (κ3) is 5.30. The van der Waals surface area contributed by atoms with Gasteiger partial charge in [-0.25, -0.2) is 8.78 Å². The molecule has 0 heterocycles. The molecule has 2 N–H and O–H groups in total. The van der Waals surface area contributed by atoms with Gasteiger partial charge in [-0.2, -0.15) is 0 Å². The lowest BCUT2D eigenvalue weighted by Gasteiger charge is -2.22. The van der Waals surface area contributed by atoms with Crippen molar-refractivity contribution in [3.8, 4) is 0 Å². The standard InChI is InChI=1S/C15H20F2N2O2/c16-14(17)10-21-8-7-15(20)19(13-5-6-13)9-11-1-3-12(18)4-2-11/h1-4,13-14H,5-10,18H2. The van der Waals surface area contributed by atoms with Gasteiger partial charge in [0.2, 0.25) is 5.91 Å². The molecule has 2 rings (SSSR count). The second kappa shape index (κ2) is 7.36. The number of rotatable bonds is 8. The van der Waals surface area contributed by atoms with E-state index >= 15 is 0 Å². The molecule has 1 aliphatic carbocycles. The minimum absolute atomic E-state index is 0.0358. The van der Waals surface area contributed by atoms with Crippen LogP contribution in [-0.2, 0) is 16.1 Å². The molecule has 6 heteroatoms. The van der Waals surface area contributed by atoms with Gasteiger partial charge in [0.1, 0.15) is 6.61 Å². The molecule has 0 aliphatic heterocycles. The number of ether oxygens (including phenoxy) is 1. The summed E-state index contributed by atoms with van der Waals surface area (Å²) < 4.78 is 28.7. The van der Waals surface area contributed by atoms with E-state index in [9.17, 15) is 13.6 Å². The molecule has 0 atom stereocenters. The molecule has 0 radical (unpaired) electrons. The van der Waals surface area contributed by atoms with Crippen LogP contribution in [0.25, 0.3) is 0 Å². The first-order valence-corrected chi connectivity index (χ1v) is 7.06. The Morgan fingerprint density at radius 3 is 2.57 bits per heavy atom. The number of anilines is 1. The van der Waals surface area contributed by atoms with E-state index in [1.807, 2.05) is 12.1 Å². The van der Waals surface area contributed by atoms with Crippen molar-refractivity contribution in [1.82, 2.24) is 4.90 Å². The maximum absolute atomic E-state index is 12.2. The summed E-state index contributed by atoms with van der Waals surface area (Å²) >= 11 is 0. The monoisotopic (exact) mass is 298 g/mol. The summed E-state index contributed by atoms with van der Waals surface area (Å²) in [4.78, 5) is 14.0. The van der Waals surface area contributed by atoms with Crippen molar-refractivity contribution in [1.29, 1.82) is 0 Å². The summed E-state index contributed by atoms with van der Waals surface area (Å²) in [6.45, 7) is -0.0541. The fourth-order valence-electron chi connectivity index (χ4n) is 2.10. The summed E-state index contributed by atoms with van der Waals surface area (Å²) in [5.74, 6) is -0.0522. The molecule has 1 aromatic rings. The number of nitrogen functional groups attached to an aromatic ring is 1. The van der Waals surface area contributed by atoms with Crippen LogP contribution in [0.2, 0.25) is 0 Å². The van der Waals surface area contributed by atoms with Crippen LogP contribution < -0.4 is 5.73 Å². The fourth-order valence-corrected chi connectivity index (χ4v) is 2.10. The van der Waals surface area contributed by atoms with Gasteiger partial charge in [-0.1, -0.05) is 12.1 Å². The van der Waals surface area contributed by atoms with E-state index in [2.05, 4.69) is 0 Å². The Kier molecular flexibility index (Phi) is 5.50. The molecule has 1 fully saturated rings. The summed E-state index contributed by atoms with van der Waals surface area (Å²) in [6, 6.07) is 7.66. The van der Waals surface area contributed by atoms with Gasteiger partial charge in [-0.05, 0) is 30.5 Å². The van der Waals surface area contributed by atoms with Crippen LogP contribution in [0.15, 0.2) is 24.3 Å². The quantitative estimate of drug-likeness (QED) is 0.592. The Balaban J connectivity index is 1.83. The number of amides is 1. The Morgan fingerprint density at radius 1 is 1.33 bits per heavy atom. The average Bonchev–Trinajstić information content (AvgIpc) is 3.27. The number of nitrogens with two attached hydrogens (primary N) is 1. The van der Waals surface area contributed by atoms with Gasteiger partial charge in [-0.3, -0.25) is 4.79 Å². The molecule has 0 saturated heterocycles. The number of carbonyl (C=O) groups excluding carboxylic acids is 1. The molecule has 0 unspecified atom stereocenters. The van der Waals surface area contributed by atoms with Crippen molar-refractivity contribution in [2.75, 3.05) is 18.9 Å². The van der Waals surface area contributed by atoms with Crippen LogP contribution in [0.5, 0.6) is 0 Å². The number of carbonyl (C=O) groups is 1. The number of alkyl halides is 2. The van der Waals surface area contributed by atoms with Crippen molar-refractivity contribution in [2.45, 2.75) is 38.3 Å². The molecule has 1 amide bonds. The molecular weight excluding hydrogens is 278 g/mol. The van der Waals surface area contributed by atoms with E-state index in [1.165, 1.54) is 0 Å². The fraction of sp³-hybridized carbons (Fsp3) is 0.533. The first-order valence-electron chi connectivity index (χ1n) is 7.06. The van der Waals surface area contributed by atoms with Crippen molar-refractivity contribution in [2.24, 2.45) is 0 Å². The number of benzene rings is 1. The number of nitrogens with zero attached hydrogens (tertiary/aromatic N) is 1. The van der Waals surface area contributed by atoms with Gasteiger partial charge >= 0.3 is 0 Å². The Labute approximate surface area is 122 Å². The van der Waals surface area contributed by atoms with Gasteiger partial charge in [-0.15, -0.1) is 0 Å². The predicted octanol–water partition coefficient (Wildman–Crippen LogP) is 2.43. The van der Waals surface area contributed by atoms with Gasteiger partial charge in [0.15, 0.2) is 0 Å². The molecular formula is C15H20F2N2O2. The predicted molar refractivity (Wildman–Crippen MR) is 75.9 cm³/mol. The van der Waals surface area contributed by atoms with Crippen LogP contribution in [0, 0.1) is 0 Å². The van der Waals surface area contributed by atoms with E-state index in [0.717, 1.165) is 18.4 Å². The summed E-state index contributed by atoms with van der Waals surface area (Å²) in [5, 5.41) is 0. The van der Waals surface area contributed by atoms with Gasteiger partial charge in [0.25, 0.3) is 6.43 Å². The van der Waals surface area contributed by atoms with Crippen LogP contribution in [0.3, 0.4) is 0 Å². The van der Waals surface area contributed by atoms with Crippen LogP contribution in [0.4, 0.5) is 14.5 Å². The third-order valence-electron chi connectivity index (χ3n) is 3.34. The van der Waals surface area contributed by atoms with Crippen molar-refractivity contribution < 1.29 is 18.3 Å². The van der Waals surface area contributed by atoms with E-state index < -0.39 is 13.0 Å². The number of halogens is 2.